The Bertz CT molecular complexity index is 614. The fourth-order valence-electron chi connectivity index (χ4n) is 1.77. The number of hydrogen-bond acceptors (Lipinski definition) is 2. The van der Waals surface area contributed by atoms with E-state index in [1.54, 1.807) is 0 Å². The lowest BCUT2D eigenvalue weighted by Gasteiger charge is -2.14. The number of nitrogens with one attached hydrogen (secondary N) is 1. The fraction of sp³-hybridized carbons (Fsp3) is 0.143. The molecule has 0 aromatic heterocycles. The Morgan fingerprint density at radius 3 is 2.50 bits per heavy atom. The molecule has 0 radical (unpaired) electrons. The second-order valence-corrected chi connectivity index (χ2v) is 4.61. The van der Waals surface area contributed by atoms with Crippen molar-refractivity contribution in [2.45, 2.75) is 12.7 Å². The minimum Gasteiger partial charge on any atom is -0.508 e. The molecule has 0 aliphatic rings. The van der Waals surface area contributed by atoms with Crippen molar-refractivity contribution in [2.24, 2.45) is 0 Å². The first kappa shape index (κ1) is 14.5. The number of alkyl halides is 3. The topological polar surface area (TPSA) is 32.3 Å². The molecular weight excluding hydrogens is 291 g/mol. The molecule has 2 N–H and O–H groups in total. The standard InChI is InChI=1S/C14H11ClF3NO/c15-10-5-6-13(20)9(7-10)8-19-12-4-2-1-3-11(12)14(16,17)18/h1-7,19-20H,8H2. The van der Waals surface area contributed by atoms with Gasteiger partial charge in [-0.2, -0.15) is 13.2 Å². The minimum absolute atomic E-state index is 0.0219. The monoisotopic (exact) mass is 301 g/mol. The molecule has 106 valence electrons. The van der Waals surface area contributed by atoms with Crippen LogP contribution in [-0.2, 0) is 12.7 Å². The molecule has 0 saturated heterocycles. The summed E-state index contributed by atoms with van der Waals surface area (Å²) in [6.07, 6.45) is -4.43. The van der Waals surface area contributed by atoms with E-state index < -0.39 is 11.7 Å². The van der Waals surface area contributed by atoms with Crippen LogP contribution < -0.4 is 5.32 Å². The summed E-state index contributed by atoms with van der Waals surface area (Å²) in [5, 5.41) is 12.7. The zero-order valence-corrected chi connectivity index (χ0v) is 11.0. The van der Waals surface area contributed by atoms with Crippen molar-refractivity contribution < 1.29 is 18.3 Å². The van der Waals surface area contributed by atoms with Crippen LogP contribution in [-0.4, -0.2) is 5.11 Å². The van der Waals surface area contributed by atoms with Gasteiger partial charge in [-0.25, -0.2) is 0 Å². The van der Waals surface area contributed by atoms with Crippen LogP contribution in [0.15, 0.2) is 42.5 Å². The number of benzene rings is 2. The van der Waals surface area contributed by atoms with Gasteiger partial charge in [0.2, 0.25) is 0 Å². The summed E-state index contributed by atoms with van der Waals surface area (Å²) < 4.78 is 38.4. The first-order valence-corrected chi connectivity index (χ1v) is 6.13. The third-order valence-corrected chi connectivity index (χ3v) is 2.98. The smallest absolute Gasteiger partial charge is 0.418 e. The molecule has 6 heteroatoms. The number of hydrogen-bond donors (Lipinski definition) is 2. The highest BCUT2D eigenvalue weighted by Gasteiger charge is 2.33. The Balaban J connectivity index is 2.21. The molecule has 0 saturated carbocycles. The maximum atomic E-state index is 12.8. The van der Waals surface area contributed by atoms with Gasteiger partial charge < -0.3 is 10.4 Å². The molecule has 0 spiro atoms. The van der Waals surface area contributed by atoms with Crippen LogP contribution in [0.4, 0.5) is 18.9 Å². The van der Waals surface area contributed by atoms with Crippen LogP contribution in [0.3, 0.4) is 0 Å². The predicted octanol–water partition coefficient (Wildman–Crippen LogP) is 4.68. The van der Waals surface area contributed by atoms with Crippen molar-refractivity contribution in [3.63, 3.8) is 0 Å². The van der Waals surface area contributed by atoms with Gasteiger partial charge in [0.05, 0.1) is 5.56 Å². The summed E-state index contributed by atoms with van der Waals surface area (Å²) in [5.74, 6) is -0.0219. The van der Waals surface area contributed by atoms with Crippen molar-refractivity contribution in [1.82, 2.24) is 0 Å². The Labute approximate surface area is 118 Å². The SMILES string of the molecule is Oc1ccc(Cl)cc1CNc1ccccc1C(F)(F)F. The van der Waals surface area contributed by atoms with E-state index in [4.69, 9.17) is 11.6 Å². The number of para-hydroxylation sites is 1. The number of phenolic OH excluding ortho intramolecular Hbond substituents is 1. The van der Waals surface area contributed by atoms with Crippen molar-refractivity contribution in [2.75, 3.05) is 5.32 Å². The third kappa shape index (κ3) is 3.36. The zero-order valence-electron chi connectivity index (χ0n) is 10.2. The average Bonchev–Trinajstić information content (AvgIpc) is 2.39. The highest BCUT2D eigenvalue weighted by Crippen LogP contribution is 2.35. The Morgan fingerprint density at radius 2 is 1.80 bits per heavy atom. The molecular formula is C14H11ClF3NO. The maximum absolute atomic E-state index is 12.8. The maximum Gasteiger partial charge on any atom is 0.418 e. The van der Waals surface area contributed by atoms with Crippen LogP contribution in [0.1, 0.15) is 11.1 Å². The van der Waals surface area contributed by atoms with E-state index in [1.807, 2.05) is 0 Å². The van der Waals surface area contributed by atoms with Gasteiger partial charge >= 0.3 is 6.18 Å². The molecule has 0 aliphatic heterocycles. The van der Waals surface area contributed by atoms with Crippen LogP contribution >= 0.6 is 11.6 Å². The van der Waals surface area contributed by atoms with Gasteiger partial charge in [0.25, 0.3) is 0 Å². The number of anilines is 1. The molecule has 0 amide bonds. The van der Waals surface area contributed by atoms with Gasteiger partial charge in [-0.05, 0) is 30.3 Å². The van der Waals surface area contributed by atoms with Crippen LogP contribution in [0, 0.1) is 0 Å². The van der Waals surface area contributed by atoms with E-state index in [0.29, 0.717) is 10.6 Å². The number of aromatic hydroxyl groups is 1. The van der Waals surface area contributed by atoms with E-state index >= 15 is 0 Å². The van der Waals surface area contributed by atoms with Crippen LogP contribution in [0.2, 0.25) is 5.02 Å². The summed E-state index contributed by atoms with van der Waals surface area (Å²) >= 11 is 5.78. The van der Waals surface area contributed by atoms with Crippen molar-refractivity contribution in [3.8, 4) is 5.75 Å². The van der Waals surface area contributed by atoms with Crippen molar-refractivity contribution in [3.05, 3.63) is 58.6 Å². The van der Waals surface area contributed by atoms with Gasteiger partial charge in [0.15, 0.2) is 0 Å². The second kappa shape index (κ2) is 5.63. The highest BCUT2D eigenvalue weighted by molar-refractivity contribution is 6.30. The summed E-state index contributed by atoms with van der Waals surface area (Å²) in [7, 11) is 0. The Hall–Kier alpha value is -1.88. The summed E-state index contributed by atoms with van der Waals surface area (Å²) in [6.45, 7) is 0.0412. The molecule has 0 heterocycles. The summed E-state index contributed by atoms with van der Waals surface area (Å²) in [4.78, 5) is 0. The molecule has 0 atom stereocenters. The lowest BCUT2D eigenvalue weighted by atomic mass is 10.1. The highest BCUT2D eigenvalue weighted by atomic mass is 35.5. The molecule has 2 aromatic carbocycles. The van der Waals surface area contributed by atoms with E-state index in [1.165, 1.54) is 36.4 Å². The molecule has 2 rings (SSSR count). The van der Waals surface area contributed by atoms with Crippen molar-refractivity contribution in [1.29, 1.82) is 0 Å². The normalized spacial score (nSPS) is 11.4. The van der Waals surface area contributed by atoms with Crippen LogP contribution in [0.25, 0.3) is 0 Å². The number of rotatable bonds is 3. The quantitative estimate of drug-likeness (QED) is 0.863. The first-order chi connectivity index (χ1) is 9.38. The van der Waals surface area contributed by atoms with Gasteiger partial charge in [-0.1, -0.05) is 23.7 Å². The van der Waals surface area contributed by atoms with E-state index in [0.717, 1.165) is 6.07 Å². The molecule has 20 heavy (non-hydrogen) atoms. The third-order valence-electron chi connectivity index (χ3n) is 2.74. The lowest BCUT2D eigenvalue weighted by molar-refractivity contribution is -0.136. The molecule has 0 unspecified atom stereocenters. The average molecular weight is 302 g/mol. The lowest BCUT2D eigenvalue weighted by Crippen LogP contribution is -2.10. The Kier molecular flexibility index (Phi) is 4.09. The van der Waals surface area contributed by atoms with Gasteiger partial charge in [0, 0.05) is 22.8 Å². The summed E-state index contributed by atoms with van der Waals surface area (Å²) in [5.41, 5.74) is -0.365. The number of halogens is 4. The van der Waals surface area contributed by atoms with E-state index in [2.05, 4.69) is 5.32 Å². The number of phenols is 1. The predicted molar refractivity (Wildman–Crippen MR) is 71.9 cm³/mol. The Morgan fingerprint density at radius 1 is 1.10 bits per heavy atom. The molecule has 0 aliphatic carbocycles. The summed E-state index contributed by atoms with van der Waals surface area (Å²) in [6, 6.07) is 9.57. The largest absolute Gasteiger partial charge is 0.508 e. The van der Waals surface area contributed by atoms with E-state index in [9.17, 15) is 18.3 Å². The minimum atomic E-state index is -4.43. The second-order valence-electron chi connectivity index (χ2n) is 4.17. The van der Waals surface area contributed by atoms with Crippen LogP contribution in [0.5, 0.6) is 5.75 Å². The molecule has 0 bridgehead atoms. The van der Waals surface area contributed by atoms with Crippen molar-refractivity contribution >= 4 is 17.3 Å². The van der Waals surface area contributed by atoms with E-state index in [-0.39, 0.29) is 18.0 Å². The zero-order chi connectivity index (χ0) is 14.8. The fourth-order valence-corrected chi connectivity index (χ4v) is 1.97. The first-order valence-electron chi connectivity index (χ1n) is 5.75. The molecule has 2 nitrogen and oxygen atoms in total. The van der Waals surface area contributed by atoms with Gasteiger partial charge in [-0.3, -0.25) is 0 Å². The van der Waals surface area contributed by atoms with Gasteiger partial charge in [0.1, 0.15) is 5.75 Å². The molecule has 0 fully saturated rings. The van der Waals surface area contributed by atoms with Gasteiger partial charge in [-0.15, -0.1) is 0 Å². The molecule has 2 aromatic rings.